The first-order valence-corrected chi connectivity index (χ1v) is 10.6. The monoisotopic (exact) mass is 409 g/mol. The molecule has 4 rings (SSSR count). The Kier molecular flexibility index (Phi) is 6.08. The van der Waals surface area contributed by atoms with Crippen LogP contribution in [0.1, 0.15) is 42.8 Å². The van der Waals surface area contributed by atoms with Crippen molar-refractivity contribution in [1.82, 2.24) is 20.2 Å². The average molecular weight is 410 g/mol. The minimum Gasteiger partial charge on any atom is -0.378 e. The van der Waals surface area contributed by atoms with E-state index < -0.39 is 0 Å². The van der Waals surface area contributed by atoms with Gasteiger partial charge in [-0.05, 0) is 59.0 Å². The molecule has 0 bridgehead atoms. The predicted molar refractivity (Wildman–Crippen MR) is 115 cm³/mol. The summed E-state index contributed by atoms with van der Waals surface area (Å²) in [6.07, 6.45) is 2.42. The maximum atomic E-state index is 13.3. The Bertz CT molecular complexity index is 943. The topological polar surface area (TPSA) is 51.3 Å². The van der Waals surface area contributed by atoms with Crippen LogP contribution in [-0.2, 0) is 6.54 Å². The van der Waals surface area contributed by atoms with Crippen LogP contribution in [-0.4, -0.2) is 47.4 Å². The number of hydrogen-bond acceptors (Lipinski definition) is 4. The van der Waals surface area contributed by atoms with Gasteiger partial charge in [-0.2, -0.15) is 0 Å². The second-order valence-electron chi connectivity index (χ2n) is 8.58. The number of benzene rings is 2. The molecule has 1 aliphatic rings. The molecule has 6 nitrogen and oxygen atoms in total. The van der Waals surface area contributed by atoms with E-state index in [1.54, 1.807) is 12.1 Å². The molecule has 0 spiro atoms. The third-order valence-corrected chi connectivity index (χ3v) is 6.13. The van der Waals surface area contributed by atoms with Crippen molar-refractivity contribution in [3.63, 3.8) is 0 Å². The van der Waals surface area contributed by atoms with Crippen LogP contribution in [0.3, 0.4) is 0 Å². The number of rotatable bonds is 6. The number of tetrazole rings is 1. The molecular weight excluding hydrogens is 379 g/mol. The molecule has 1 atom stereocenters. The van der Waals surface area contributed by atoms with Gasteiger partial charge in [0, 0.05) is 25.3 Å². The van der Waals surface area contributed by atoms with E-state index in [2.05, 4.69) is 51.6 Å². The highest BCUT2D eigenvalue weighted by atomic mass is 19.1. The van der Waals surface area contributed by atoms with E-state index in [0.717, 1.165) is 30.4 Å². The largest absolute Gasteiger partial charge is 0.378 e. The predicted octanol–water partition coefficient (Wildman–Crippen LogP) is 2.33. The van der Waals surface area contributed by atoms with Crippen molar-refractivity contribution >= 4 is 5.69 Å². The maximum absolute atomic E-state index is 13.3. The Morgan fingerprint density at radius 2 is 1.73 bits per heavy atom. The van der Waals surface area contributed by atoms with Crippen LogP contribution in [0.4, 0.5) is 10.1 Å². The van der Waals surface area contributed by atoms with Crippen molar-refractivity contribution < 1.29 is 9.29 Å². The number of quaternary nitrogens is 1. The highest BCUT2D eigenvalue weighted by molar-refractivity contribution is 5.46. The van der Waals surface area contributed by atoms with Crippen LogP contribution in [0.15, 0.2) is 48.5 Å². The normalized spacial score (nSPS) is 20.1. The standard InChI is InChI=1S/C23H29FN6/c1-17-12-14-29(15-13-17)22(19-6-10-21(11-7-19)28(2)3)23-25-26-27-30(23)16-18-4-8-20(24)9-5-18/h4-11,17,22H,12-16H2,1-3H3/p+1/t22-/m0/s1. The van der Waals surface area contributed by atoms with Gasteiger partial charge in [-0.3, -0.25) is 0 Å². The summed E-state index contributed by atoms with van der Waals surface area (Å²) in [5.41, 5.74) is 3.37. The summed E-state index contributed by atoms with van der Waals surface area (Å²) < 4.78 is 15.2. The first-order chi connectivity index (χ1) is 14.5. The Morgan fingerprint density at radius 1 is 1.07 bits per heavy atom. The molecule has 0 amide bonds. The van der Waals surface area contributed by atoms with E-state index >= 15 is 0 Å². The summed E-state index contributed by atoms with van der Waals surface area (Å²) in [4.78, 5) is 3.60. The fourth-order valence-electron chi connectivity index (χ4n) is 4.25. The molecule has 158 valence electrons. The molecule has 1 N–H and O–H groups in total. The van der Waals surface area contributed by atoms with Crippen molar-refractivity contribution in [1.29, 1.82) is 0 Å². The molecule has 1 aromatic heterocycles. The lowest BCUT2D eigenvalue weighted by atomic mass is 9.95. The fourth-order valence-corrected chi connectivity index (χ4v) is 4.25. The van der Waals surface area contributed by atoms with Crippen molar-refractivity contribution in [2.45, 2.75) is 32.4 Å². The molecule has 0 radical (unpaired) electrons. The Morgan fingerprint density at radius 3 is 2.37 bits per heavy atom. The van der Waals surface area contributed by atoms with Crippen molar-refractivity contribution in [3.05, 3.63) is 71.3 Å². The van der Waals surface area contributed by atoms with Crippen LogP contribution in [0.5, 0.6) is 0 Å². The molecule has 7 heteroatoms. The van der Waals surface area contributed by atoms with Gasteiger partial charge in [-0.1, -0.05) is 31.2 Å². The van der Waals surface area contributed by atoms with Crippen LogP contribution < -0.4 is 9.80 Å². The molecule has 2 aromatic carbocycles. The number of nitrogens with zero attached hydrogens (tertiary/aromatic N) is 5. The van der Waals surface area contributed by atoms with Crippen LogP contribution in [0.2, 0.25) is 0 Å². The summed E-state index contributed by atoms with van der Waals surface area (Å²) in [5, 5.41) is 12.7. The van der Waals surface area contributed by atoms with Crippen molar-refractivity contribution in [2.75, 3.05) is 32.1 Å². The fraction of sp³-hybridized carbons (Fsp3) is 0.435. The van der Waals surface area contributed by atoms with Crippen LogP contribution >= 0.6 is 0 Å². The zero-order chi connectivity index (χ0) is 21.1. The van der Waals surface area contributed by atoms with Gasteiger partial charge >= 0.3 is 0 Å². The van der Waals surface area contributed by atoms with E-state index in [1.165, 1.54) is 41.1 Å². The van der Waals surface area contributed by atoms with Gasteiger partial charge in [-0.15, -0.1) is 5.10 Å². The van der Waals surface area contributed by atoms with Gasteiger partial charge in [-0.25, -0.2) is 9.07 Å². The molecule has 3 aromatic rings. The Labute approximate surface area is 177 Å². The van der Waals surface area contributed by atoms with Crippen molar-refractivity contribution in [2.24, 2.45) is 5.92 Å². The van der Waals surface area contributed by atoms with E-state index in [9.17, 15) is 4.39 Å². The number of anilines is 1. The van der Waals surface area contributed by atoms with E-state index in [-0.39, 0.29) is 11.9 Å². The number of aromatic nitrogens is 4. The quantitative estimate of drug-likeness (QED) is 0.679. The second kappa shape index (κ2) is 8.92. The summed E-state index contributed by atoms with van der Waals surface area (Å²) in [5.74, 6) is 1.39. The van der Waals surface area contributed by atoms with E-state index in [0.29, 0.717) is 6.54 Å². The minimum absolute atomic E-state index is 0.0733. The van der Waals surface area contributed by atoms with Crippen molar-refractivity contribution in [3.8, 4) is 0 Å². The molecule has 1 fully saturated rings. The maximum Gasteiger partial charge on any atom is 0.214 e. The molecule has 2 heterocycles. The number of likely N-dealkylation sites (tertiary alicyclic amines) is 1. The van der Waals surface area contributed by atoms with Gasteiger partial charge in [0.15, 0.2) is 6.04 Å². The molecule has 0 saturated carbocycles. The SMILES string of the molecule is CC1CC[NH+]([C@@H](c2ccc(N(C)C)cc2)c2nnnn2Cc2ccc(F)cc2)CC1. The zero-order valence-corrected chi connectivity index (χ0v) is 17.9. The molecule has 0 unspecified atom stereocenters. The summed E-state index contributed by atoms with van der Waals surface area (Å²) in [7, 11) is 4.10. The van der Waals surface area contributed by atoms with E-state index in [1.807, 2.05) is 18.8 Å². The molecule has 30 heavy (non-hydrogen) atoms. The number of piperidine rings is 1. The van der Waals surface area contributed by atoms with Gasteiger partial charge in [0.25, 0.3) is 0 Å². The van der Waals surface area contributed by atoms with Crippen LogP contribution in [0.25, 0.3) is 0 Å². The first kappa shape index (κ1) is 20.5. The highest BCUT2D eigenvalue weighted by Crippen LogP contribution is 2.22. The average Bonchev–Trinajstić information content (AvgIpc) is 3.19. The third-order valence-electron chi connectivity index (χ3n) is 6.13. The molecule has 1 saturated heterocycles. The van der Waals surface area contributed by atoms with Gasteiger partial charge < -0.3 is 9.80 Å². The lowest BCUT2D eigenvalue weighted by Crippen LogP contribution is -3.13. The molecule has 0 aliphatic carbocycles. The smallest absolute Gasteiger partial charge is 0.214 e. The van der Waals surface area contributed by atoms with Gasteiger partial charge in [0.05, 0.1) is 19.6 Å². The third kappa shape index (κ3) is 4.51. The first-order valence-electron chi connectivity index (χ1n) is 10.6. The lowest BCUT2D eigenvalue weighted by molar-refractivity contribution is -0.932. The Hall–Kier alpha value is -2.80. The molecular formula is C23H30FN6+. The van der Waals surface area contributed by atoms with E-state index in [4.69, 9.17) is 0 Å². The van der Waals surface area contributed by atoms with Crippen LogP contribution in [0, 0.1) is 11.7 Å². The van der Waals surface area contributed by atoms with Gasteiger partial charge in [0.2, 0.25) is 5.82 Å². The summed E-state index contributed by atoms with van der Waals surface area (Å²) in [6, 6.07) is 15.3. The zero-order valence-electron chi connectivity index (χ0n) is 17.9. The highest BCUT2D eigenvalue weighted by Gasteiger charge is 2.34. The summed E-state index contributed by atoms with van der Waals surface area (Å²) in [6.45, 7) is 5.06. The Balaban J connectivity index is 1.67. The summed E-state index contributed by atoms with van der Waals surface area (Å²) >= 11 is 0. The molecule has 1 aliphatic heterocycles. The lowest BCUT2D eigenvalue weighted by Gasteiger charge is -2.33. The number of halogens is 1. The second-order valence-corrected chi connectivity index (χ2v) is 8.58. The minimum atomic E-state index is -0.235. The number of nitrogens with one attached hydrogen (secondary N) is 1. The number of hydrogen-bond donors (Lipinski definition) is 1. The van der Waals surface area contributed by atoms with Gasteiger partial charge in [0.1, 0.15) is 5.82 Å².